The third-order valence-corrected chi connectivity index (χ3v) is 3.24. The Kier molecular flexibility index (Phi) is 3.87. The number of nitrogen functional groups attached to an aromatic ring is 1. The molecular formula is C14H15NO3S. The van der Waals surface area contributed by atoms with Gasteiger partial charge in [0.25, 0.3) is 10.1 Å². The minimum Gasteiger partial charge on any atom is -0.398 e. The topological polar surface area (TPSA) is 69.4 Å². The first kappa shape index (κ1) is 13.6. The van der Waals surface area contributed by atoms with Gasteiger partial charge < -0.3 is 5.73 Å². The summed E-state index contributed by atoms with van der Waals surface area (Å²) in [4.78, 5) is 0. The molecule has 4 nitrogen and oxygen atoms in total. The predicted molar refractivity (Wildman–Crippen MR) is 75.9 cm³/mol. The van der Waals surface area contributed by atoms with E-state index in [1.807, 2.05) is 48.5 Å². The lowest BCUT2D eigenvalue weighted by atomic mass is 9.99. The van der Waals surface area contributed by atoms with Gasteiger partial charge in [0.2, 0.25) is 0 Å². The quantitative estimate of drug-likeness (QED) is 0.688. The second-order valence-electron chi connectivity index (χ2n) is 4.21. The van der Waals surface area contributed by atoms with Gasteiger partial charge >= 0.3 is 0 Å². The van der Waals surface area contributed by atoms with Crippen LogP contribution in [0.3, 0.4) is 0 Å². The van der Waals surface area contributed by atoms with Crippen LogP contribution in [0.5, 0.6) is 0 Å². The Labute approximate surface area is 113 Å². The van der Waals surface area contributed by atoms with Crippen LogP contribution in [0.1, 0.15) is 5.56 Å². The Hall–Kier alpha value is -1.85. The van der Waals surface area contributed by atoms with Crippen LogP contribution in [0, 0.1) is 0 Å². The fraction of sp³-hybridized carbons (Fsp3) is 0.143. The van der Waals surface area contributed by atoms with Gasteiger partial charge in [0.05, 0.1) is 12.9 Å². The van der Waals surface area contributed by atoms with Gasteiger partial charge in [-0.3, -0.25) is 4.18 Å². The summed E-state index contributed by atoms with van der Waals surface area (Å²) < 4.78 is 27.0. The monoisotopic (exact) mass is 277 g/mol. The second-order valence-corrected chi connectivity index (χ2v) is 5.85. The first-order chi connectivity index (χ1) is 8.97. The molecule has 0 aliphatic carbocycles. The number of anilines is 1. The molecule has 0 amide bonds. The van der Waals surface area contributed by atoms with E-state index in [1.165, 1.54) is 0 Å². The number of hydrogen-bond acceptors (Lipinski definition) is 4. The summed E-state index contributed by atoms with van der Waals surface area (Å²) >= 11 is 0. The molecule has 0 atom stereocenters. The number of benzene rings is 2. The molecule has 19 heavy (non-hydrogen) atoms. The summed E-state index contributed by atoms with van der Waals surface area (Å²) in [5, 5.41) is 0. The van der Waals surface area contributed by atoms with E-state index in [0.29, 0.717) is 5.69 Å². The van der Waals surface area contributed by atoms with E-state index in [-0.39, 0.29) is 6.61 Å². The van der Waals surface area contributed by atoms with Crippen LogP contribution in [0.4, 0.5) is 5.69 Å². The lowest BCUT2D eigenvalue weighted by Crippen LogP contribution is -2.04. The molecular weight excluding hydrogens is 262 g/mol. The summed E-state index contributed by atoms with van der Waals surface area (Å²) in [6.45, 7) is 0.00331. The standard InChI is InChI=1S/C14H15NO3S/c1-19(16,17)18-10-11-6-2-3-7-12(11)13-8-4-5-9-14(13)15/h2-9H,10,15H2,1H3. The van der Waals surface area contributed by atoms with E-state index in [4.69, 9.17) is 9.92 Å². The van der Waals surface area contributed by atoms with E-state index in [0.717, 1.165) is 22.9 Å². The zero-order chi connectivity index (χ0) is 13.9. The highest BCUT2D eigenvalue weighted by Crippen LogP contribution is 2.29. The van der Waals surface area contributed by atoms with E-state index in [2.05, 4.69) is 0 Å². The lowest BCUT2D eigenvalue weighted by molar-refractivity contribution is 0.312. The smallest absolute Gasteiger partial charge is 0.264 e. The van der Waals surface area contributed by atoms with E-state index >= 15 is 0 Å². The molecule has 0 saturated carbocycles. The molecule has 0 fully saturated rings. The third-order valence-electron chi connectivity index (χ3n) is 2.70. The SMILES string of the molecule is CS(=O)(=O)OCc1ccccc1-c1ccccc1N. The Bertz CT molecular complexity index is 681. The summed E-state index contributed by atoms with van der Waals surface area (Å²) in [6, 6.07) is 14.9. The van der Waals surface area contributed by atoms with Crippen molar-refractivity contribution in [3.8, 4) is 11.1 Å². The van der Waals surface area contributed by atoms with E-state index in [1.54, 1.807) is 0 Å². The Morgan fingerprint density at radius 2 is 1.58 bits per heavy atom. The Morgan fingerprint density at radius 1 is 1.00 bits per heavy atom. The normalized spacial score (nSPS) is 11.4. The summed E-state index contributed by atoms with van der Waals surface area (Å²) in [5.41, 5.74) is 9.12. The molecule has 0 aliphatic rings. The molecule has 0 aliphatic heterocycles. The van der Waals surface area contributed by atoms with Gasteiger partial charge in [-0.2, -0.15) is 8.42 Å². The molecule has 100 valence electrons. The highest BCUT2D eigenvalue weighted by Gasteiger charge is 2.09. The Morgan fingerprint density at radius 3 is 2.21 bits per heavy atom. The molecule has 2 aromatic rings. The van der Waals surface area contributed by atoms with Gasteiger partial charge in [0, 0.05) is 11.3 Å². The third kappa shape index (κ3) is 3.56. The minimum absolute atomic E-state index is 0.00331. The fourth-order valence-corrected chi connectivity index (χ4v) is 2.16. The molecule has 0 radical (unpaired) electrons. The van der Waals surface area contributed by atoms with Crippen LogP contribution in [-0.4, -0.2) is 14.7 Å². The van der Waals surface area contributed by atoms with Crippen molar-refractivity contribution < 1.29 is 12.6 Å². The van der Waals surface area contributed by atoms with Gasteiger partial charge in [-0.15, -0.1) is 0 Å². The van der Waals surface area contributed by atoms with Crippen LogP contribution in [0.15, 0.2) is 48.5 Å². The van der Waals surface area contributed by atoms with Crippen LogP contribution >= 0.6 is 0 Å². The molecule has 0 aromatic heterocycles. The molecule has 0 bridgehead atoms. The second kappa shape index (κ2) is 5.42. The number of nitrogens with two attached hydrogens (primary N) is 1. The summed E-state index contributed by atoms with van der Waals surface area (Å²) in [7, 11) is -3.46. The average Bonchev–Trinajstić information content (AvgIpc) is 2.37. The molecule has 0 saturated heterocycles. The maximum Gasteiger partial charge on any atom is 0.264 e. The lowest BCUT2D eigenvalue weighted by Gasteiger charge is -2.11. The number of hydrogen-bond donors (Lipinski definition) is 1. The zero-order valence-electron chi connectivity index (χ0n) is 10.5. The van der Waals surface area contributed by atoms with Crippen LogP contribution < -0.4 is 5.73 Å². The van der Waals surface area contributed by atoms with Gasteiger partial charge in [0.1, 0.15) is 0 Å². The van der Waals surface area contributed by atoms with Crippen LogP contribution in [-0.2, 0) is 20.9 Å². The first-order valence-electron chi connectivity index (χ1n) is 5.74. The molecule has 0 spiro atoms. The molecule has 2 aromatic carbocycles. The first-order valence-corrected chi connectivity index (χ1v) is 7.56. The predicted octanol–water partition coefficient (Wildman–Crippen LogP) is 2.41. The van der Waals surface area contributed by atoms with Gasteiger partial charge in [-0.1, -0.05) is 42.5 Å². The van der Waals surface area contributed by atoms with Crippen molar-refractivity contribution in [3.05, 3.63) is 54.1 Å². The van der Waals surface area contributed by atoms with Crippen LogP contribution in [0.25, 0.3) is 11.1 Å². The average molecular weight is 277 g/mol. The molecule has 0 heterocycles. The van der Waals surface area contributed by atoms with E-state index < -0.39 is 10.1 Å². The van der Waals surface area contributed by atoms with Crippen molar-refractivity contribution in [2.75, 3.05) is 12.0 Å². The number of para-hydroxylation sites is 1. The van der Waals surface area contributed by atoms with Crippen molar-refractivity contribution in [1.82, 2.24) is 0 Å². The summed E-state index contributed by atoms with van der Waals surface area (Å²) in [6.07, 6.45) is 1.03. The van der Waals surface area contributed by atoms with Gasteiger partial charge in [-0.05, 0) is 17.2 Å². The fourth-order valence-electron chi connectivity index (χ4n) is 1.82. The van der Waals surface area contributed by atoms with Crippen molar-refractivity contribution >= 4 is 15.8 Å². The molecule has 5 heteroatoms. The maximum absolute atomic E-state index is 11.1. The Balaban J connectivity index is 2.39. The molecule has 2 rings (SSSR count). The zero-order valence-corrected chi connectivity index (χ0v) is 11.4. The van der Waals surface area contributed by atoms with Crippen molar-refractivity contribution in [2.45, 2.75) is 6.61 Å². The number of rotatable bonds is 4. The minimum atomic E-state index is -3.46. The largest absolute Gasteiger partial charge is 0.398 e. The van der Waals surface area contributed by atoms with Gasteiger partial charge in [-0.25, -0.2) is 0 Å². The highest BCUT2D eigenvalue weighted by atomic mass is 32.2. The van der Waals surface area contributed by atoms with Crippen molar-refractivity contribution in [2.24, 2.45) is 0 Å². The van der Waals surface area contributed by atoms with Crippen LogP contribution in [0.2, 0.25) is 0 Å². The van der Waals surface area contributed by atoms with E-state index in [9.17, 15) is 8.42 Å². The van der Waals surface area contributed by atoms with Crippen molar-refractivity contribution in [3.63, 3.8) is 0 Å². The summed E-state index contributed by atoms with van der Waals surface area (Å²) in [5.74, 6) is 0. The van der Waals surface area contributed by atoms with Gasteiger partial charge in [0.15, 0.2) is 0 Å². The molecule has 2 N–H and O–H groups in total. The highest BCUT2D eigenvalue weighted by molar-refractivity contribution is 7.85. The van der Waals surface area contributed by atoms with Crippen molar-refractivity contribution in [1.29, 1.82) is 0 Å². The maximum atomic E-state index is 11.1. The molecule has 0 unspecified atom stereocenters.